The van der Waals surface area contributed by atoms with Crippen LogP contribution in [0.5, 0.6) is 0 Å². The number of hydrogen-bond acceptors (Lipinski definition) is 0. The van der Waals surface area contributed by atoms with E-state index in [1.54, 1.807) is 0 Å². The van der Waals surface area contributed by atoms with Crippen LogP contribution in [0.2, 0.25) is 0 Å². The predicted octanol–water partition coefficient (Wildman–Crippen LogP) is 9.38. The van der Waals surface area contributed by atoms with Gasteiger partial charge in [-0.3, -0.25) is 0 Å². The number of rotatable bonds is 1. The molecule has 0 fully saturated rings. The van der Waals surface area contributed by atoms with Crippen molar-refractivity contribution < 1.29 is 0 Å². The maximum Gasteiger partial charge on any atom is 0.0447 e. The van der Waals surface area contributed by atoms with Crippen molar-refractivity contribution >= 4 is 21.5 Å². The van der Waals surface area contributed by atoms with E-state index in [0.29, 0.717) is 0 Å². The minimum Gasteiger partial charge on any atom is -0.0683 e. The molecule has 5 aromatic rings. The molecule has 0 amide bonds. The third-order valence-corrected chi connectivity index (χ3v) is 6.49. The van der Waals surface area contributed by atoms with Crippen molar-refractivity contribution in [1.82, 2.24) is 0 Å². The Morgan fingerprint density at radius 1 is 0.469 bits per heavy atom. The smallest absolute Gasteiger partial charge is 0.0447 e. The van der Waals surface area contributed by atoms with Gasteiger partial charge in [-0.2, -0.15) is 0 Å². The van der Waals surface area contributed by atoms with Crippen LogP contribution < -0.4 is 0 Å². The van der Waals surface area contributed by atoms with Gasteiger partial charge in [-0.15, -0.1) is 0 Å². The van der Waals surface area contributed by atoms with E-state index >= 15 is 0 Å². The van der Waals surface area contributed by atoms with E-state index in [-0.39, 0.29) is 5.41 Å². The molecule has 0 heteroatoms. The number of benzene rings is 5. The first-order valence-electron chi connectivity index (χ1n) is 11.9. The molecule has 6 rings (SSSR count). The highest BCUT2D eigenvalue weighted by Gasteiger charge is 2.42. The molecule has 0 bridgehead atoms. The van der Waals surface area contributed by atoms with Gasteiger partial charge < -0.3 is 0 Å². The lowest BCUT2D eigenvalue weighted by Crippen LogP contribution is -2.23. The van der Waals surface area contributed by atoms with Crippen molar-refractivity contribution in [3.8, 4) is 11.1 Å². The van der Waals surface area contributed by atoms with Crippen molar-refractivity contribution in [1.29, 1.82) is 0 Å². The number of hydrogen-bond donors (Lipinski definition) is 0. The van der Waals surface area contributed by atoms with E-state index in [0.717, 1.165) is 0 Å². The second kappa shape index (κ2) is 9.01. The molecule has 160 valence electrons. The van der Waals surface area contributed by atoms with Gasteiger partial charge in [0.1, 0.15) is 0 Å². The summed E-state index contributed by atoms with van der Waals surface area (Å²) in [5, 5.41) is 5.30. The Labute approximate surface area is 192 Å². The second-order valence-electron chi connectivity index (χ2n) is 7.91. The van der Waals surface area contributed by atoms with Crippen LogP contribution in [0.4, 0.5) is 0 Å². The average Bonchev–Trinajstić information content (AvgIpc) is 3.14. The lowest BCUT2D eigenvalue weighted by atomic mass is 9.71. The van der Waals surface area contributed by atoms with Crippen LogP contribution in [0.1, 0.15) is 51.3 Å². The Balaban J connectivity index is 0.000000582. The van der Waals surface area contributed by atoms with Crippen LogP contribution in [-0.2, 0) is 5.41 Å². The zero-order chi connectivity index (χ0) is 22.7. The molecule has 0 nitrogen and oxygen atoms in total. The molecule has 0 aromatic heterocycles. The van der Waals surface area contributed by atoms with Gasteiger partial charge in [-0.05, 0) is 62.4 Å². The Bertz CT molecular complexity index is 1270. The first-order valence-corrected chi connectivity index (χ1v) is 11.9. The highest BCUT2D eigenvalue weighted by molar-refractivity contribution is 6.05. The Hall–Kier alpha value is -3.38. The summed E-state index contributed by atoms with van der Waals surface area (Å²) < 4.78 is 0. The Morgan fingerprint density at radius 2 is 0.844 bits per heavy atom. The molecule has 1 aliphatic carbocycles. The predicted molar refractivity (Wildman–Crippen MR) is 142 cm³/mol. The molecule has 0 saturated carbocycles. The van der Waals surface area contributed by atoms with Gasteiger partial charge in [0.25, 0.3) is 0 Å². The summed E-state index contributed by atoms with van der Waals surface area (Å²) in [6.07, 6.45) is 0. The topological polar surface area (TPSA) is 0 Å². The van der Waals surface area contributed by atoms with E-state index in [1.807, 2.05) is 27.7 Å². The molecule has 0 heterocycles. The molecule has 32 heavy (non-hydrogen) atoms. The van der Waals surface area contributed by atoms with Crippen molar-refractivity contribution in [2.75, 3.05) is 0 Å². The first-order chi connectivity index (χ1) is 15.8. The molecule has 5 aromatic carbocycles. The van der Waals surface area contributed by atoms with E-state index in [4.69, 9.17) is 0 Å². The highest BCUT2D eigenvalue weighted by Crippen LogP contribution is 2.54. The monoisotopic (exact) mass is 416 g/mol. The molecule has 0 radical (unpaired) electrons. The van der Waals surface area contributed by atoms with Gasteiger partial charge in [-0.25, -0.2) is 0 Å². The minimum absolute atomic E-state index is 0.187. The Morgan fingerprint density at radius 3 is 1.31 bits per heavy atom. The summed E-state index contributed by atoms with van der Waals surface area (Å²) in [6.45, 7) is 10.4. The largest absolute Gasteiger partial charge is 0.0683 e. The van der Waals surface area contributed by atoms with E-state index < -0.39 is 0 Å². The van der Waals surface area contributed by atoms with Crippen molar-refractivity contribution in [2.24, 2.45) is 0 Å². The van der Waals surface area contributed by atoms with Gasteiger partial charge in [0.2, 0.25) is 0 Å². The summed E-state index contributed by atoms with van der Waals surface area (Å²) in [6, 6.07) is 37.8. The highest BCUT2D eigenvalue weighted by atomic mass is 14.4. The van der Waals surface area contributed by atoms with Gasteiger partial charge in [0.05, 0.1) is 0 Å². The lowest BCUT2D eigenvalue weighted by molar-refractivity contribution is 0.728. The van der Waals surface area contributed by atoms with Crippen LogP contribution in [0.3, 0.4) is 0 Å². The summed E-state index contributed by atoms with van der Waals surface area (Å²) in [5.74, 6) is 0. The number of fused-ring (bicyclic) bond motifs is 5. The zero-order valence-electron chi connectivity index (χ0n) is 19.8. The molecule has 0 spiro atoms. The lowest BCUT2D eigenvalue weighted by Gasteiger charge is -2.31. The van der Waals surface area contributed by atoms with Crippen molar-refractivity contribution in [3.05, 3.63) is 120 Å². The molecule has 0 atom stereocenters. The molecular formula is C32H32. The van der Waals surface area contributed by atoms with E-state index in [1.165, 1.54) is 49.4 Å². The van der Waals surface area contributed by atoms with Crippen LogP contribution in [-0.4, -0.2) is 0 Å². The van der Waals surface area contributed by atoms with Crippen molar-refractivity contribution in [2.45, 2.75) is 40.0 Å². The minimum atomic E-state index is -0.187. The fourth-order valence-corrected chi connectivity index (χ4v) is 5.27. The SMILES string of the molecule is CC.CC.CC1(c2c3ccccc3cc3ccccc23)c2ccccc2-c2ccccc21. The standard InChI is InChI=1S/C28H20.2C2H6/c1-28(25-16-8-6-14-23(25)24-15-7-9-17-26(24)28)27-21-12-4-2-10-19(21)18-20-11-3-5-13-22(20)27;2*1-2/h2-18H,1H3;2*1-2H3. The molecule has 0 N–H and O–H groups in total. The van der Waals surface area contributed by atoms with E-state index in [9.17, 15) is 0 Å². The Kier molecular flexibility index (Phi) is 6.15. The average molecular weight is 417 g/mol. The fourth-order valence-electron chi connectivity index (χ4n) is 5.27. The maximum atomic E-state index is 2.41. The normalized spacial score (nSPS) is 12.8. The summed E-state index contributed by atoms with van der Waals surface area (Å²) in [7, 11) is 0. The third kappa shape index (κ3) is 3.14. The van der Waals surface area contributed by atoms with Gasteiger partial charge in [0.15, 0.2) is 0 Å². The summed E-state index contributed by atoms with van der Waals surface area (Å²) in [5.41, 5.74) is 6.75. The molecule has 1 aliphatic rings. The second-order valence-corrected chi connectivity index (χ2v) is 7.91. The first kappa shape index (κ1) is 21.8. The van der Waals surface area contributed by atoms with Crippen LogP contribution >= 0.6 is 0 Å². The molecule has 0 saturated heterocycles. The van der Waals surface area contributed by atoms with Gasteiger partial charge in [0, 0.05) is 5.41 Å². The molecule has 0 unspecified atom stereocenters. The summed E-state index contributed by atoms with van der Waals surface area (Å²) in [4.78, 5) is 0. The van der Waals surface area contributed by atoms with Crippen LogP contribution in [0, 0.1) is 0 Å². The maximum absolute atomic E-state index is 2.41. The fraction of sp³-hybridized carbons (Fsp3) is 0.188. The third-order valence-electron chi connectivity index (χ3n) is 6.49. The molecular weight excluding hydrogens is 384 g/mol. The zero-order valence-corrected chi connectivity index (χ0v) is 19.8. The van der Waals surface area contributed by atoms with Crippen LogP contribution in [0.15, 0.2) is 103 Å². The van der Waals surface area contributed by atoms with Crippen molar-refractivity contribution in [3.63, 3.8) is 0 Å². The van der Waals surface area contributed by atoms with E-state index in [2.05, 4.69) is 110 Å². The molecule has 0 aliphatic heterocycles. The van der Waals surface area contributed by atoms with Gasteiger partial charge in [-0.1, -0.05) is 125 Å². The van der Waals surface area contributed by atoms with Crippen LogP contribution in [0.25, 0.3) is 32.7 Å². The summed E-state index contributed by atoms with van der Waals surface area (Å²) >= 11 is 0. The quantitative estimate of drug-likeness (QED) is 0.239. The van der Waals surface area contributed by atoms with Gasteiger partial charge >= 0.3 is 0 Å².